The minimum absolute atomic E-state index is 0.787. The van der Waals surface area contributed by atoms with Gasteiger partial charge in [0.25, 0.3) is 0 Å². The molecule has 3 atom stereocenters. The molecule has 2 aliphatic rings. The van der Waals surface area contributed by atoms with Gasteiger partial charge in [-0.2, -0.15) is 0 Å². The smallest absolute Gasteiger partial charge is 0.0223 e. The van der Waals surface area contributed by atoms with Gasteiger partial charge >= 0.3 is 0 Å². The first-order valence-corrected chi connectivity index (χ1v) is 6.37. The molecule has 1 aliphatic carbocycles. The van der Waals surface area contributed by atoms with Crippen LogP contribution >= 0.6 is 0 Å². The van der Waals surface area contributed by atoms with Gasteiger partial charge in [0.2, 0.25) is 0 Å². The van der Waals surface area contributed by atoms with E-state index in [2.05, 4.69) is 17.6 Å². The van der Waals surface area contributed by atoms with E-state index in [0.717, 1.165) is 18.0 Å². The molecule has 0 aromatic rings. The Morgan fingerprint density at radius 2 is 2.21 bits per heavy atom. The molecule has 2 fully saturated rings. The lowest BCUT2D eigenvalue weighted by Crippen LogP contribution is -2.43. The van der Waals surface area contributed by atoms with E-state index in [-0.39, 0.29) is 0 Å². The molecule has 2 heteroatoms. The zero-order valence-corrected chi connectivity index (χ0v) is 9.39. The number of fused-ring (bicyclic) bond motifs is 2. The first-order chi connectivity index (χ1) is 6.90. The molecule has 14 heavy (non-hydrogen) atoms. The molecule has 1 saturated heterocycles. The van der Waals surface area contributed by atoms with Crippen LogP contribution in [-0.2, 0) is 0 Å². The number of unbranched alkanes of at least 4 members (excludes halogenated alkanes) is 2. The monoisotopic (exact) mass is 196 g/mol. The highest BCUT2D eigenvalue weighted by Gasteiger charge is 2.38. The van der Waals surface area contributed by atoms with Crippen LogP contribution in [0.15, 0.2) is 0 Å². The molecule has 0 radical (unpaired) electrons. The van der Waals surface area contributed by atoms with Crippen LogP contribution in [-0.4, -0.2) is 25.2 Å². The summed E-state index contributed by atoms with van der Waals surface area (Å²) in [6.07, 6.45) is 8.39. The second kappa shape index (κ2) is 5.13. The van der Waals surface area contributed by atoms with E-state index in [0.29, 0.717) is 0 Å². The van der Waals surface area contributed by atoms with Crippen molar-refractivity contribution in [3.8, 4) is 0 Å². The van der Waals surface area contributed by atoms with Gasteiger partial charge in [-0.1, -0.05) is 19.8 Å². The zero-order chi connectivity index (χ0) is 9.80. The Hall–Kier alpha value is -0.0800. The molecule has 1 aliphatic heterocycles. The molecule has 2 bridgehead atoms. The van der Waals surface area contributed by atoms with Crippen molar-refractivity contribution in [2.45, 2.75) is 57.5 Å². The number of hydrogen-bond donors (Lipinski definition) is 2. The fourth-order valence-electron chi connectivity index (χ4n) is 2.96. The summed E-state index contributed by atoms with van der Waals surface area (Å²) in [5, 5.41) is 7.30. The minimum atomic E-state index is 0.787. The molecule has 0 amide bonds. The molecule has 3 unspecified atom stereocenters. The highest BCUT2D eigenvalue weighted by molar-refractivity contribution is 4.97. The third-order valence-electron chi connectivity index (χ3n) is 3.81. The van der Waals surface area contributed by atoms with Gasteiger partial charge in [0.1, 0.15) is 0 Å². The van der Waals surface area contributed by atoms with Crippen molar-refractivity contribution in [3.05, 3.63) is 0 Å². The van der Waals surface area contributed by atoms with Crippen LogP contribution in [0.3, 0.4) is 0 Å². The maximum atomic E-state index is 3.72. The van der Waals surface area contributed by atoms with Crippen LogP contribution in [0.25, 0.3) is 0 Å². The van der Waals surface area contributed by atoms with Gasteiger partial charge in [-0.3, -0.25) is 0 Å². The molecule has 1 heterocycles. The van der Waals surface area contributed by atoms with Crippen molar-refractivity contribution >= 4 is 0 Å². The number of piperidine rings is 1. The second-order valence-corrected chi connectivity index (χ2v) is 4.95. The van der Waals surface area contributed by atoms with Gasteiger partial charge in [0, 0.05) is 18.6 Å². The number of rotatable bonds is 6. The van der Waals surface area contributed by atoms with Crippen LogP contribution in [0.5, 0.6) is 0 Å². The molecule has 82 valence electrons. The lowest BCUT2D eigenvalue weighted by Gasteiger charge is -2.23. The third kappa shape index (κ3) is 2.48. The Bertz CT molecular complexity index is 170. The molecule has 0 aromatic carbocycles. The molecular formula is C12H24N2. The summed E-state index contributed by atoms with van der Waals surface area (Å²) in [6, 6.07) is 1.65. The quantitative estimate of drug-likeness (QED) is 0.634. The lowest BCUT2D eigenvalue weighted by atomic mass is 10.00. The van der Waals surface area contributed by atoms with E-state index in [1.54, 1.807) is 0 Å². The van der Waals surface area contributed by atoms with Gasteiger partial charge < -0.3 is 10.6 Å². The molecule has 0 spiro atoms. The average Bonchev–Trinajstić information content (AvgIpc) is 2.79. The topological polar surface area (TPSA) is 24.1 Å². The molecular weight excluding hydrogens is 172 g/mol. The van der Waals surface area contributed by atoms with Gasteiger partial charge in [-0.05, 0) is 38.1 Å². The Kier molecular flexibility index (Phi) is 3.82. The average molecular weight is 196 g/mol. The Labute approximate surface area is 87.8 Å². The van der Waals surface area contributed by atoms with Crippen molar-refractivity contribution in [3.63, 3.8) is 0 Å². The highest BCUT2D eigenvalue weighted by Crippen LogP contribution is 2.34. The van der Waals surface area contributed by atoms with E-state index in [1.807, 2.05) is 0 Å². The van der Waals surface area contributed by atoms with Crippen molar-refractivity contribution in [1.29, 1.82) is 0 Å². The maximum Gasteiger partial charge on any atom is 0.0223 e. The van der Waals surface area contributed by atoms with Crippen molar-refractivity contribution in [2.24, 2.45) is 5.92 Å². The minimum Gasteiger partial charge on any atom is -0.315 e. The third-order valence-corrected chi connectivity index (χ3v) is 3.81. The van der Waals surface area contributed by atoms with Crippen LogP contribution in [0.1, 0.15) is 45.4 Å². The summed E-state index contributed by atoms with van der Waals surface area (Å²) in [5.41, 5.74) is 0. The summed E-state index contributed by atoms with van der Waals surface area (Å²) in [6.45, 7) is 4.67. The van der Waals surface area contributed by atoms with E-state index < -0.39 is 0 Å². The molecule has 2 nitrogen and oxygen atoms in total. The van der Waals surface area contributed by atoms with Gasteiger partial charge in [0.05, 0.1) is 0 Å². The summed E-state index contributed by atoms with van der Waals surface area (Å²) < 4.78 is 0. The first kappa shape index (κ1) is 10.4. The van der Waals surface area contributed by atoms with Gasteiger partial charge in [-0.15, -0.1) is 0 Å². The van der Waals surface area contributed by atoms with E-state index in [1.165, 1.54) is 51.6 Å². The van der Waals surface area contributed by atoms with Gasteiger partial charge in [-0.25, -0.2) is 0 Å². The maximum absolute atomic E-state index is 3.72. The van der Waals surface area contributed by atoms with E-state index >= 15 is 0 Å². The SMILES string of the molecule is CCCCCNCC1NC2CCC1C2. The highest BCUT2D eigenvalue weighted by atomic mass is 15.1. The Morgan fingerprint density at radius 1 is 1.29 bits per heavy atom. The lowest BCUT2D eigenvalue weighted by molar-refractivity contribution is 0.364. The molecule has 1 saturated carbocycles. The summed E-state index contributed by atoms with van der Waals surface area (Å²) in [4.78, 5) is 0. The fourth-order valence-corrected chi connectivity index (χ4v) is 2.96. The fraction of sp³-hybridized carbons (Fsp3) is 1.00. The van der Waals surface area contributed by atoms with Crippen LogP contribution in [0.4, 0.5) is 0 Å². The standard InChI is InChI=1S/C12H24N2/c1-2-3-4-7-13-9-12-10-5-6-11(8-10)14-12/h10-14H,2-9H2,1H3. The van der Waals surface area contributed by atoms with Crippen LogP contribution in [0.2, 0.25) is 0 Å². The zero-order valence-electron chi connectivity index (χ0n) is 9.39. The molecule has 2 N–H and O–H groups in total. The summed E-state index contributed by atoms with van der Waals surface area (Å²) >= 11 is 0. The number of nitrogens with one attached hydrogen (secondary N) is 2. The van der Waals surface area contributed by atoms with Gasteiger partial charge in [0.15, 0.2) is 0 Å². The van der Waals surface area contributed by atoms with Crippen molar-refractivity contribution in [1.82, 2.24) is 10.6 Å². The summed E-state index contributed by atoms with van der Waals surface area (Å²) in [7, 11) is 0. The summed E-state index contributed by atoms with van der Waals surface area (Å²) in [5.74, 6) is 0.985. The van der Waals surface area contributed by atoms with E-state index in [9.17, 15) is 0 Å². The largest absolute Gasteiger partial charge is 0.315 e. The molecule has 2 rings (SSSR count). The second-order valence-electron chi connectivity index (χ2n) is 4.95. The molecule has 0 aromatic heterocycles. The van der Waals surface area contributed by atoms with Crippen LogP contribution < -0.4 is 10.6 Å². The Balaban J connectivity index is 1.54. The predicted octanol–water partition coefficient (Wildman–Crippen LogP) is 1.91. The Morgan fingerprint density at radius 3 is 2.86 bits per heavy atom. The number of hydrogen-bond acceptors (Lipinski definition) is 2. The normalized spacial score (nSPS) is 35.4. The van der Waals surface area contributed by atoms with Crippen molar-refractivity contribution < 1.29 is 0 Å². The van der Waals surface area contributed by atoms with Crippen LogP contribution in [0, 0.1) is 5.92 Å². The van der Waals surface area contributed by atoms with E-state index in [4.69, 9.17) is 0 Å². The predicted molar refractivity (Wildman–Crippen MR) is 60.4 cm³/mol. The van der Waals surface area contributed by atoms with Crippen molar-refractivity contribution in [2.75, 3.05) is 13.1 Å². The first-order valence-electron chi connectivity index (χ1n) is 6.37.